The van der Waals surface area contributed by atoms with Crippen LogP contribution in [0.1, 0.15) is 28.7 Å². The zero-order chi connectivity index (χ0) is 19.8. The van der Waals surface area contributed by atoms with Gasteiger partial charge in [0.05, 0.1) is 0 Å². The summed E-state index contributed by atoms with van der Waals surface area (Å²) in [5, 5.41) is 7.08. The minimum Gasteiger partial charge on any atom is -0.356 e. The van der Waals surface area contributed by atoms with Gasteiger partial charge in [0, 0.05) is 48.9 Å². The van der Waals surface area contributed by atoms with Crippen LogP contribution in [0.25, 0.3) is 0 Å². The van der Waals surface area contributed by atoms with E-state index in [0.29, 0.717) is 12.0 Å². The summed E-state index contributed by atoms with van der Waals surface area (Å²) in [4.78, 5) is 9.82. The minimum atomic E-state index is 0.371. The lowest BCUT2D eigenvalue weighted by Gasteiger charge is -2.20. The number of hydrogen-bond acceptors (Lipinski definition) is 3. The Morgan fingerprint density at radius 1 is 1.25 bits per heavy atom. The third kappa shape index (κ3) is 6.64. The van der Waals surface area contributed by atoms with Crippen molar-refractivity contribution in [2.45, 2.75) is 39.2 Å². The van der Waals surface area contributed by atoms with Crippen LogP contribution in [0.4, 0.5) is 0 Å². The summed E-state index contributed by atoms with van der Waals surface area (Å²) in [6.45, 7) is 8.93. The van der Waals surface area contributed by atoms with Gasteiger partial charge in [-0.2, -0.15) is 0 Å². The van der Waals surface area contributed by atoms with Gasteiger partial charge in [0.15, 0.2) is 5.96 Å². The fourth-order valence-electron chi connectivity index (χ4n) is 3.83. The summed E-state index contributed by atoms with van der Waals surface area (Å²) in [5.74, 6) is 1.62. The SMILES string of the molecule is CN=C(NCC1CCN(CCc2ccccc2)C1)NC(C)Cc1ccc(C)s1. The van der Waals surface area contributed by atoms with Gasteiger partial charge in [-0.05, 0) is 56.8 Å². The quantitative estimate of drug-likeness (QED) is 0.526. The van der Waals surface area contributed by atoms with Crippen molar-refractivity contribution in [3.8, 4) is 0 Å². The molecule has 3 rings (SSSR count). The molecule has 0 aliphatic carbocycles. The first-order chi connectivity index (χ1) is 13.6. The van der Waals surface area contributed by atoms with E-state index in [-0.39, 0.29) is 0 Å². The van der Waals surface area contributed by atoms with Crippen molar-refractivity contribution in [2.24, 2.45) is 10.9 Å². The van der Waals surface area contributed by atoms with Crippen LogP contribution in [0.3, 0.4) is 0 Å². The first kappa shape index (κ1) is 20.9. The zero-order valence-corrected chi connectivity index (χ0v) is 18.3. The number of thiophene rings is 1. The maximum Gasteiger partial charge on any atom is 0.191 e. The molecule has 1 aliphatic rings. The Labute approximate surface area is 174 Å². The number of likely N-dealkylation sites (tertiary alicyclic amines) is 1. The molecule has 1 aliphatic heterocycles. The number of nitrogens with zero attached hydrogens (tertiary/aromatic N) is 2. The maximum absolute atomic E-state index is 4.42. The highest BCUT2D eigenvalue weighted by molar-refractivity contribution is 7.11. The number of hydrogen-bond donors (Lipinski definition) is 2. The Kier molecular flexibility index (Phi) is 7.92. The largest absolute Gasteiger partial charge is 0.356 e. The Morgan fingerprint density at radius 3 is 2.79 bits per heavy atom. The number of aliphatic imine (C=N–C) groups is 1. The summed E-state index contributed by atoms with van der Waals surface area (Å²) < 4.78 is 0. The molecule has 2 aromatic rings. The van der Waals surface area contributed by atoms with Crippen LogP contribution < -0.4 is 10.6 Å². The highest BCUT2D eigenvalue weighted by atomic mass is 32.1. The van der Waals surface area contributed by atoms with E-state index in [0.717, 1.165) is 31.9 Å². The Balaban J connectivity index is 1.35. The number of benzene rings is 1. The molecule has 0 amide bonds. The molecule has 2 unspecified atom stereocenters. The molecule has 2 heterocycles. The predicted molar refractivity (Wildman–Crippen MR) is 121 cm³/mol. The Bertz CT molecular complexity index is 740. The number of aryl methyl sites for hydroxylation is 1. The summed E-state index contributed by atoms with van der Waals surface area (Å²) in [6, 6.07) is 15.6. The lowest BCUT2D eigenvalue weighted by Crippen LogP contribution is -2.44. The van der Waals surface area contributed by atoms with Crippen LogP contribution in [0.15, 0.2) is 47.5 Å². The van der Waals surface area contributed by atoms with E-state index in [4.69, 9.17) is 0 Å². The molecule has 0 saturated carbocycles. The Hall–Kier alpha value is -1.85. The maximum atomic E-state index is 4.42. The first-order valence-corrected chi connectivity index (χ1v) is 11.2. The summed E-state index contributed by atoms with van der Waals surface area (Å²) in [6.07, 6.45) is 3.45. The Morgan fingerprint density at radius 2 is 2.07 bits per heavy atom. The summed E-state index contributed by atoms with van der Waals surface area (Å²) in [7, 11) is 1.86. The van der Waals surface area contributed by atoms with Crippen molar-refractivity contribution in [1.82, 2.24) is 15.5 Å². The van der Waals surface area contributed by atoms with Crippen LogP contribution >= 0.6 is 11.3 Å². The van der Waals surface area contributed by atoms with E-state index in [1.54, 1.807) is 0 Å². The van der Waals surface area contributed by atoms with E-state index in [2.05, 4.69) is 76.8 Å². The summed E-state index contributed by atoms with van der Waals surface area (Å²) >= 11 is 1.88. The lowest BCUT2D eigenvalue weighted by molar-refractivity contribution is 0.328. The third-order valence-electron chi connectivity index (χ3n) is 5.40. The van der Waals surface area contributed by atoms with Gasteiger partial charge in [-0.25, -0.2) is 0 Å². The van der Waals surface area contributed by atoms with Crippen molar-refractivity contribution >= 4 is 17.3 Å². The fraction of sp³-hybridized carbons (Fsp3) is 0.522. The summed E-state index contributed by atoms with van der Waals surface area (Å²) in [5.41, 5.74) is 1.43. The smallest absolute Gasteiger partial charge is 0.191 e. The minimum absolute atomic E-state index is 0.371. The van der Waals surface area contributed by atoms with Crippen molar-refractivity contribution < 1.29 is 0 Å². The highest BCUT2D eigenvalue weighted by Gasteiger charge is 2.22. The standard InChI is InChI=1S/C23H34N4S/c1-18(15-22-10-9-19(2)28-22)26-23(24-3)25-16-21-12-14-27(17-21)13-11-20-7-5-4-6-8-20/h4-10,18,21H,11-17H2,1-3H3,(H2,24,25,26). The van der Waals surface area contributed by atoms with Crippen molar-refractivity contribution in [1.29, 1.82) is 0 Å². The van der Waals surface area contributed by atoms with Crippen LogP contribution in [-0.4, -0.2) is 50.1 Å². The molecule has 0 radical (unpaired) electrons. The molecule has 1 fully saturated rings. The molecule has 0 spiro atoms. The fourth-order valence-corrected chi connectivity index (χ4v) is 4.85. The average molecular weight is 399 g/mol. The van der Waals surface area contributed by atoms with Crippen molar-refractivity contribution in [2.75, 3.05) is 33.2 Å². The first-order valence-electron chi connectivity index (χ1n) is 10.4. The van der Waals surface area contributed by atoms with Gasteiger partial charge in [-0.3, -0.25) is 4.99 Å². The molecule has 1 saturated heterocycles. The molecule has 28 heavy (non-hydrogen) atoms. The second-order valence-corrected chi connectivity index (χ2v) is 9.28. The van der Waals surface area contributed by atoms with Gasteiger partial charge in [0.1, 0.15) is 0 Å². The van der Waals surface area contributed by atoms with E-state index < -0.39 is 0 Å². The van der Waals surface area contributed by atoms with Crippen LogP contribution in [0, 0.1) is 12.8 Å². The second kappa shape index (κ2) is 10.6. The van der Waals surface area contributed by atoms with Crippen molar-refractivity contribution in [3.05, 3.63) is 57.8 Å². The molecule has 4 nitrogen and oxygen atoms in total. The van der Waals surface area contributed by atoms with Gasteiger partial charge in [0.2, 0.25) is 0 Å². The van der Waals surface area contributed by atoms with E-state index in [1.165, 1.54) is 34.8 Å². The molecule has 2 atom stereocenters. The highest BCUT2D eigenvalue weighted by Crippen LogP contribution is 2.17. The second-order valence-electron chi connectivity index (χ2n) is 7.91. The predicted octanol–water partition coefficient (Wildman–Crippen LogP) is 3.72. The molecule has 2 N–H and O–H groups in total. The van der Waals surface area contributed by atoms with E-state index in [9.17, 15) is 0 Å². The van der Waals surface area contributed by atoms with Crippen LogP contribution in [0.5, 0.6) is 0 Å². The van der Waals surface area contributed by atoms with Gasteiger partial charge in [0.25, 0.3) is 0 Å². The molecular weight excluding hydrogens is 364 g/mol. The van der Waals surface area contributed by atoms with Crippen molar-refractivity contribution in [3.63, 3.8) is 0 Å². The normalized spacial score (nSPS) is 19.0. The van der Waals surface area contributed by atoms with Crippen LogP contribution in [-0.2, 0) is 12.8 Å². The van der Waals surface area contributed by atoms with E-state index >= 15 is 0 Å². The molecule has 1 aromatic carbocycles. The molecule has 152 valence electrons. The van der Waals surface area contributed by atoms with Gasteiger partial charge >= 0.3 is 0 Å². The molecule has 5 heteroatoms. The van der Waals surface area contributed by atoms with Gasteiger partial charge in [-0.1, -0.05) is 30.3 Å². The van der Waals surface area contributed by atoms with E-state index in [1.807, 2.05) is 18.4 Å². The van der Waals surface area contributed by atoms with Crippen LogP contribution in [0.2, 0.25) is 0 Å². The lowest BCUT2D eigenvalue weighted by atomic mass is 10.1. The third-order valence-corrected chi connectivity index (χ3v) is 6.42. The number of rotatable bonds is 8. The van der Waals surface area contributed by atoms with Gasteiger partial charge < -0.3 is 15.5 Å². The molecule has 0 bridgehead atoms. The molecule has 1 aromatic heterocycles. The zero-order valence-electron chi connectivity index (χ0n) is 17.4. The monoisotopic (exact) mass is 398 g/mol. The molecular formula is C23H34N4S. The average Bonchev–Trinajstić information content (AvgIpc) is 3.33. The number of guanidine groups is 1. The van der Waals surface area contributed by atoms with Gasteiger partial charge in [-0.15, -0.1) is 11.3 Å². The topological polar surface area (TPSA) is 39.7 Å². The number of nitrogens with one attached hydrogen (secondary N) is 2.